The van der Waals surface area contributed by atoms with E-state index in [1.807, 2.05) is 31.2 Å². The Morgan fingerprint density at radius 1 is 1.37 bits per heavy atom. The van der Waals surface area contributed by atoms with Crippen LogP contribution < -0.4 is 5.32 Å². The van der Waals surface area contributed by atoms with Crippen molar-refractivity contribution in [2.45, 2.75) is 25.3 Å². The van der Waals surface area contributed by atoms with Gasteiger partial charge in [0.15, 0.2) is 0 Å². The number of rotatable bonds is 6. The predicted molar refractivity (Wildman–Crippen MR) is 69.4 cm³/mol. The van der Waals surface area contributed by atoms with E-state index in [9.17, 15) is 8.78 Å². The van der Waals surface area contributed by atoms with Crippen molar-refractivity contribution < 1.29 is 18.3 Å². The molecule has 0 radical (unpaired) electrons. The third kappa shape index (κ3) is 3.52. The van der Waals surface area contributed by atoms with Gasteiger partial charge >= 0.3 is 0 Å². The maximum atomic E-state index is 12.9. The molecule has 1 heterocycles. The molecule has 2 N–H and O–H groups in total. The Morgan fingerprint density at radius 3 is 2.84 bits per heavy atom. The molecule has 5 heteroatoms. The van der Waals surface area contributed by atoms with Crippen LogP contribution in [0.4, 0.5) is 8.78 Å². The Balaban J connectivity index is 1.97. The molecular weight excluding hydrogens is 252 g/mol. The number of aliphatic hydroxyl groups excluding tert-OH is 1. The van der Waals surface area contributed by atoms with E-state index in [0.29, 0.717) is 6.42 Å². The number of benzene rings is 1. The number of aliphatic hydroxyl groups is 1. The molecule has 2 rings (SSSR count). The first kappa shape index (κ1) is 14.0. The van der Waals surface area contributed by atoms with Crippen molar-refractivity contribution in [3.8, 4) is 0 Å². The van der Waals surface area contributed by atoms with Gasteiger partial charge in [-0.05, 0) is 25.0 Å². The minimum atomic E-state index is -3.08. The minimum Gasteiger partial charge on any atom is -0.464 e. The quantitative estimate of drug-likeness (QED) is 0.847. The Kier molecular flexibility index (Phi) is 4.17. The van der Waals surface area contributed by atoms with Gasteiger partial charge in [0.05, 0.1) is 12.8 Å². The van der Waals surface area contributed by atoms with Crippen LogP contribution in [0.2, 0.25) is 0 Å². The van der Waals surface area contributed by atoms with Gasteiger partial charge in [-0.2, -0.15) is 0 Å². The van der Waals surface area contributed by atoms with Crippen molar-refractivity contribution in [1.29, 1.82) is 0 Å². The number of hydrogen-bond acceptors (Lipinski definition) is 3. The van der Waals surface area contributed by atoms with E-state index in [0.717, 1.165) is 16.5 Å². The summed E-state index contributed by atoms with van der Waals surface area (Å²) in [6.45, 7) is 0.164. The summed E-state index contributed by atoms with van der Waals surface area (Å²) in [6, 6.07) is 7.50. The second-order valence-electron chi connectivity index (χ2n) is 4.76. The van der Waals surface area contributed by atoms with Crippen molar-refractivity contribution in [2.75, 3.05) is 13.2 Å². The van der Waals surface area contributed by atoms with Crippen LogP contribution in [0.1, 0.15) is 12.5 Å². The predicted octanol–water partition coefficient (Wildman–Crippen LogP) is 2.58. The van der Waals surface area contributed by atoms with Crippen molar-refractivity contribution >= 4 is 11.0 Å². The summed E-state index contributed by atoms with van der Waals surface area (Å²) in [5.41, 5.74) is 1.79. The zero-order chi connectivity index (χ0) is 13.9. The molecular formula is C14H17F2NO2. The largest absolute Gasteiger partial charge is 0.464 e. The van der Waals surface area contributed by atoms with E-state index in [4.69, 9.17) is 9.52 Å². The molecule has 0 aliphatic heterocycles. The zero-order valence-corrected chi connectivity index (χ0v) is 10.7. The standard InChI is InChI=1S/C14H17F2NO2/c1-10(17-8-14(15,16)9-18)6-11-7-19-13-5-3-2-4-12(11)13/h2-5,7,10,17-18H,6,8-9H2,1H3. The van der Waals surface area contributed by atoms with Gasteiger partial charge in [-0.3, -0.25) is 0 Å². The SMILES string of the molecule is CC(Cc1coc2ccccc12)NCC(F)(F)CO. The van der Waals surface area contributed by atoms with E-state index in [1.165, 1.54) is 0 Å². The van der Waals surface area contributed by atoms with Gasteiger partial charge in [-0.15, -0.1) is 0 Å². The summed E-state index contributed by atoms with van der Waals surface area (Å²) in [5, 5.41) is 12.2. The molecule has 0 fully saturated rings. The van der Waals surface area contributed by atoms with Gasteiger partial charge in [0.2, 0.25) is 0 Å². The molecule has 3 nitrogen and oxygen atoms in total. The maximum Gasteiger partial charge on any atom is 0.282 e. The van der Waals surface area contributed by atoms with Crippen molar-refractivity contribution in [2.24, 2.45) is 0 Å². The van der Waals surface area contributed by atoms with E-state index in [1.54, 1.807) is 6.26 Å². The highest BCUT2D eigenvalue weighted by molar-refractivity contribution is 5.80. The van der Waals surface area contributed by atoms with Crippen LogP contribution in [-0.2, 0) is 6.42 Å². The van der Waals surface area contributed by atoms with E-state index in [-0.39, 0.29) is 6.04 Å². The number of para-hydroxylation sites is 1. The molecule has 19 heavy (non-hydrogen) atoms. The first-order chi connectivity index (χ1) is 9.02. The second kappa shape index (κ2) is 5.67. The van der Waals surface area contributed by atoms with Crippen LogP contribution >= 0.6 is 0 Å². The van der Waals surface area contributed by atoms with Gasteiger partial charge in [0, 0.05) is 11.4 Å². The monoisotopic (exact) mass is 269 g/mol. The molecule has 0 saturated carbocycles. The Bertz CT molecular complexity index is 539. The number of halogens is 2. The third-order valence-electron chi connectivity index (χ3n) is 3.03. The fraction of sp³-hybridized carbons (Fsp3) is 0.429. The second-order valence-corrected chi connectivity index (χ2v) is 4.76. The number of nitrogens with one attached hydrogen (secondary N) is 1. The van der Waals surface area contributed by atoms with Crippen molar-refractivity contribution in [1.82, 2.24) is 5.32 Å². The molecule has 2 aromatic rings. The van der Waals surface area contributed by atoms with Crippen LogP contribution in [-0.4, -0.2) is 30.2 Å². The molecule has 0 aliphatic carbocycles. The van der Waals surface area contributed by atoms with Crippen molar-refractivity contribution in [3.05, 3.63) is 36.1 Å². The summed E-state index contributed by atoms with van der Waals surface area (Å²) in [5.74, 6) is -3.08. The lowest BCUT2D eigenvalue weighted by molar-refractivity contribution is -0.0490. The molecule has 0 bridgehead atoms. The molecule has 1 unspecified atom stereocenters. The Morgan fingerprint density at radius 2 is 2.11 bits per heavy atom. The molecule has 0 saturated heterocycles. The summed E-state index contributed by atoms with van der Waals surface area (Å²) in [7, 11) is 0. The number of alkyl halides is 2. The average molecular weight is 269 g/mol. The Labute approximate surface area is 110 Å². The highest BCUT2D eigenvalue weighted by Crippen LogP contribution is 2.22. The first-order valence-corrected chi connectivity index (χ1v) is 6.19. The molecule has 0 amide bonds. The van der Waals surface area contributed by atoms with Gasteiger partial charge in [0.25, 0.3) is 5.92 Å². The smallest absolute Gasteiger partial charge is 0.282 e. The molecule has 104 valence electrons. The molecule has 1 atom stereocenters. The first-order valence-electron chi connectivity index (χ1n) is 6.19. The van der Waals surface area contributed by atoms with Gasteiger partial charge in [-0.1, -0.05) is 18.2 Å². The van der Waals surface area contributed by atoms with Crippen LogP contribution in [0, 0.1) is 0 Å². The molecule has 1 aromatic carbocycles. The Hall–Kier alpha value is -1.46. The van der Waals surface area contributed by atoms with Gasteiger partial charge in [0.1, 0.15) is 12.2 Å². The van der Waals surface area contributed by atoms with E-state index in [2.05, 4.69) is 5.32 Å². The average Bonchev–Trinajstić information content (AvgIpc) is 2.80. The number of fused-ring (bicyclic) bond motifs is 1. The highest BCUT2D eigenvalue weighted by atomic mass is 19.3. The van der Waals surface area contributed by atoms with E-state index < -0.39 is 19.1 Å². The van der Waals surface area contributed by atoms with Crippen LogP contribution in [0.5, 0.6) is 0 Å². The maximum absolute atomic E-state index is 12.9. The fourth-order valence-electron chi connectivity index (χ4n) is 1.97. The summed E-state index contributed by atoms with van der Waals surface area (Å²) in [4.78, 5) is 0. The lowest BCUT2D eigenvalue weighted by Crippen LogP contribution is -2.40. The molecule has 0 spiro atoms. The van der Waals surface area contributed by atoms with Crippen molar-refractivity contribution in [3.63, 3.8) is 0 Å². The van der Waals surface area contributed by atoms with Gasteiger partial charge in [-0.25, -0.2) is 8.78 Å². The van der Waals surface area contributed by atoms with Crippen LogP contribution in [0.3, 0.4) is 0 Å². The lowest BCUT2D eigenvalue weighted by atomic mass is 10.1. The summed E-state index contributed by atoms with van der Waals surface area (Å²) >= 11 is 0. The lowest BCUT2D eigenvalue weighted by Gasteiger charge is -2.18. The number of furan rings is 1. The zero-order valence-electron chi connectivity index (χ0n) is 10.7. The topological polar surface area (TPSA) is 45.4 Å². The van der Waals surface area contributed by atoms with Crippen LogP contribution in [0.25, 0.3) is 11.0 Å². The molecule has 1 aromatic heterocycles. The van der Waals surface area contributed by atoms with E-state index >= 15 is 0 Å². The molecule has 0 aliphatic rings. The summed E-state index contributed by atoms with van der Waals surface area (Å²) < 4.78 is 31.2. The third-order valence-corrected chi connectivity index (χ3v) is 3.03. The van der Waals surface area contributed by atoms with Gasteiger partial charge < -0.3 is 14.8 Å². The fourth-order valence-corrected chi connectivity index (χ4v) is 1.97. The normalized spacial score (nSPS) is 13.9. The summed E-state index contributed by atoms with van der Waals surface area (Å²) in [6.07, 6.45) is 2.26. The number of hydrogen-bond donors (Lipinski definition) is 2. The van der Waals surface area contributed by atoms with Crippen LogP contribution in [0.15, 0.2) is 34.9 Å². The highest BCUT2D eigenvalue weighted by Gasteiger charge is 2.27. The minimum absolute atomic E-state index is 0.126.